The Bertz CT molecular complexity index is 655. The number of carboxylic acids is 1. The Balaban J connectivity index is 2.76. The van der Waals surface area contributed by atoms with Gasteiger partial charge in [0.05, 0.1) is 12.7 Å². The Hall–Kier alpha value is -2.09. The van der Waals surface area contributed by atoms with E-state index in [9.17, 15) is 18.0 Å². The highest BCUT2D eigenvalue weighted by atomic mass is 32.2. The number of anilines is 1. The number of carboxylic acid groups (broad SMARTS) is 1. The summed E-state index contributed by atoms with van der Waals surface area (Å²) in [6.45, 7) is 3.41. The highest BCUT2D eigenvalue weighted by Gasteiger charge is 2.23. The molecule has 7 nitrogen and oxygen atoms in total. The first kappa shape index (κ1) is 18.0. The number of carbonyl (C=O) groups excluding carboxylic acids is 1. The van der Waals surface area contributed by atoms with Crippen molar-refractivity contribution in [3.8, 4) is 0 Å². The molecule has 22 heavy (non-hydrogen) atoms. The van der Waals surface area contributed by atoms with Gasteiger partial charge in [-0.3, -0.25) is 9.52 Å². The summed E-state index contributed by atoms with van der Waals surface area (Å²) in [6.07, 6.45) is 1.00. The Kier molecular flexibility index (Phi) is 5.92. The van der Waals surface area contributed by atoms with Gasteiger partial charge >= 0.3 is 5.97 Å². The molecule has 1 amide bonds. The second-order valence-electron chi connectivity index (χ2n) is 5.38. The van der Waals surface area contributed by atoms with Crippen LogP contribution in [0, 0.1) is 5.92 Å². The number of benzene rings is 1. The molecular weight excluding hydrogens is 308 g/mol. The summed E-state index contributed by atoms with van der Waals surface area (Å²) < 4.78 is 24.7. The van der Waals surface area contributed by atoms with Gasteiger partial charge in [0, 0.05) is 5.69 Å². The Morgan fingerprint density at radius 1 is 1.27 bits per heavy atom. The molecule has 0 aliphatic rings. The first-order valence-corrected chi connectivity index (χ1v) is 8.56. The largest absolute Gasteiger partial charge is 0.480 e. The number of nitrogens with one attached hydrogen (secondary N) is 2. The lowest BCUT2D eigenvalue weighted by Gasteiger charge is -2.18. The lowest BCUT2D eigenvalue weighted by Crippen LogP contribution is -2.44. The zero-order valence-electron chi connectivity index (χ0n) is 12.7. The molecule has 122 valence electrons. The van der Waals surface area contributed by atoms with E-state index in [1.165, 1.54) is 6.07 Å². The van der Waals surface area contributed by atoms with E-state index >= 15 is 0 Å². The zero-order valence-corrected chi connectivity index (χ0v) is 13.5. The van der Waals surface area contributed by atoms with Gasteiger partial charge in [-0.2, -0.15) is 0 Å². The van der Waals surface area contributed by atoms with Crippen molar-refractivity contribution in [2.24, 2.45) is 5.92 Å². The molecule has 0 aliphatic heterocycles. The Morgan fingerprint density at radius 3 is 2.41 bits per heavy atom. The summed E-state index contributed by atoms with van der Waals surface area (Å²) in [7, 11) is -3.39. The molecule has 1 atom stereocenters. The van der Waals surface area contributed by atoms with E-state index in [0.29, 0.717) is 11.3 Å². The van der Waals surface area contributed by atoms with Crippen LogP contribution < -0.4 is 10.0 Å². The standard InChI is InChI=1S/C14H20N2O5S/c1-9(2)13(14(18)19)15-12(17)8-10-5-4-6-11(7-10)16-22(3,20)21/h4-7,9,13,16H,8H2,1-3H3,(H,15,17)(H,18,19)/t13-/m0/s1. The van der Waals surface area contributed by atoms with Gasteiger partial charge in [0.2, 0.25) is 15.9 Å². The highest BCUT2D eigenvalue weighted by molar-refractivity contribution is 7.92. The quantitative estimate of drug-likeness (QED) is 0.686. The van der Waals surface area contributed by atoms with Crippen LogP contribution in [-0.4, -0.2) is 37.7 Å². The van der Waals surface area contributed by atoms with Crippen LogP contribution in [0.2, 0.25) is 0 Å². The highest BCUT2D eigenvalue weighted by Crippen LogP contribution is 2.13. The molecular formula is C14H20N2O5S. The van der Waals surface area contributed by atoms with Crippen LogP contribution in [0.4, 0.5) is 5.69 Å². The molecule has 0 saturated heterocycles. The second-order valence-corrected chi connectivity index (χ2v) is 7.13. The van der Waals surface area contributed by atoms with Crippen molar-refractivity contribution >= 4 is 27.6 Å². The van der Waals surface area contributed by atoms with Gasteiger partial charge in [0.1, 0.15) is 6.04 Å². The Labute approximate surface area is 129 Å². The fourth-order valence-electron chi connectivity index (χ4n) is 1.88. The van der Waals surface area contributed by atoms with Gasteiger partial charge in [0.25, 0.3) is 0 Å². The third-order valence-electron chi connectivity index (χ3n) is 2.84. The van der Waals surface area contributed by atoms with E-state index in [1.54, 1.807) is 32.0 Å². The molecule has 8 heteroatoms. The average Bonchev–Trinajstić information content (AvgIpc) is 2.33. The molecule has 1 rings (SSSR count). The monoisotopic (exact) mass is 328 g/mol. The maximum Gasteiger partial charge on any atom is 0.326 e. The minimum Gasteiger partial charge on any atom is -0.480 e. The van der Waals surface area contributed by atoms with Gasteiger partial charge in [0.15, 0.2) is 0 Å². The minimum atomic E-state index is -3.39. The third-order valence-corrected chi connectivity index (χ3v) is 3.45. The molecule has 0 unspecified atom stereocenters. The number of amides is 1. The number of carbonyl (C=O) groups is 2. The fourth-order valence-corrected chi connectivity index (χ4v) is 2.44. The molecule has 0 bridgehead atoms. The molecule has 0 aromatic heterocycles. The van der Waals surface area contributed by atoms with Crippen LogP contribution in [0.5, 0.6) is 0 Å². The summed E-state index contributed by atoms with van der Waals surface area (Å²) in [6, 6.07) is 5.43. The topological polar surface area (TPSA) is 113 Å². The summed E-state index contributed by atoms with van der Waals surface area (Å²) in [5, 5.41) is 11.5. The van der Waals surface area contributed by atoms with Crippen LogP contribution in [0.15, 0.2) is 24.3 Å². The van der Waals surface area contributed by atoms with Crippen LogP contribution in [0.3, 0.4) is 0 Å². The molecule has 0 heterocycles. The molecule has 1 aromatic rings. The second kappa shape index (κ2) is 7.26. The number of sulfonamides is 1. The molecule has 0 saturated carbocycles. The van der Waals surface area contributed by atoms with Gasteiger partial charge in [-0.15, -0.1) is 0 Å². The first-order valence-electron chi connectivity index (χ1n) is 6.67. The molecule has 0 radical (unpaired) electrons. The maximum atomic E-state index is 11.9. The van der Waals surface area contributed by atoms with Crippen molar-refractivity contribution in [2.45, 2.75) is 26.3 Å². The smallest absolute Gasteiger partial charge is 0.326 e. The number of hydrogen-bond acceptors (Lipinski definition) is 4. The predicted octanol–water partition coefficient (Wildman–Crippen LogP) is 0.826. The average molecular weight is 328 g/mol. The minimum absolute atomic E-state index is 0.0320. The molecule has 3 N–H and O–H groups in total. The van der Waals surface area contributed by atoms with E-state index in [4.69, 9.17) is 5.11 Å². The van der Waals surface area contributed by atoms with Crippen molar-refractivity contribution in [3.63, 3.8) is 0 Å². The fraction of sp³-hybridized carbons (Fsp3) is 0.429. The summed E-state index contributed by atoms with van der Waals surface area (Å²) >= 11 is 0. The van der Waals surface area contributed by atoms with Crippen LogP contribution in [-0.2, 0) is 26.0 Å². The first-order chi connectivity index (χ1) is 10.1. The Morgan fingerprint density at radius 2 is 1.91 bits per heavy atom. The zero-order chi connectivity index (χ0) is 16.9. The predicted molar refractivity (Wildman–Crippen MR) is 83.0 cm³/mol. The van der Waals surface area contributed by atoms with Crippen molar-refractivity contribution in [1.82, 2.24) is 5.32 Å². The number of rotatable bonds is 7. The van der Waals surface area contributed by atoms with Crippen molar-refractivity contribution in [3.05, 3.63) is 29.8 Å². The van der Waals surface area contributed by atoms with E-state index in [1.807, 2.05) is 0 Å². The number of hydrogen-bond donors (Lipinski definition) is 3. The van der Waals surface area contributed by atoms with Crippen LogP contribution in [0.25, 0.3) is 0 Å². The van der Waals surface area contributed by atoms with E-state index < -0.39 is 27.9 Å². The van der Waals surface area contributed by atoms with Gasteiger partial charge in [-0.1, -0.05) is 26.0 Å². The molecule has 0 aliphatic carbocycles. The van der Waals surface area contributed by atoms with Crippen molar-refractivity contribution < 1.29 is 23.1 Å². The van der Waals surface area contributed by atoms with E-state index in [2.05, 4.69) is 10.0 Å². The summed E-state index contributed by atoms with van der Waals surface area (Å²) in [5.74, 6) is -1.76. The summed E-state index contributed by atoms with van der Waals surface area (Å²) in [4.78, 5) is 23.0. The van der Waals surface area contributed by atoms with Gasteiger partial charge in [-0.25, -0.2) is 13.2 Å². The van der Waals surface area contributed by atoms with Crippen LogP contribution in [0.1, 0.15) is 19.4 Å². The van der Waals surface area contributed by atoms with Crippen molar-refractivity contribution in [2.75, 3.05) is 11.0 Å². The lowest BCUT2D eigenvalue weighted by molar-refractivity contribution is -0.143. The van der Waals surface area contributed by atoms with Gasteiger partial charge < -0.3 is 10.4 Å². The number of aliphatic carboxylic acids is 1. The van der Waals surface area contributed by atoms with E-state index in [-0.39, 0.29) is 12.3 Å². The SMILES string of the molecule is CC(C)[C@H](NC(=O)Cc1cccc(NS(C)(=O)=O)c1)C(=O)O. The lowest BCUT2D eigenvalue weighted by atomic mass is 10.0. The van der Waals surface area contributed by atoms with Crippen LogP contribution >= 0.6 is 0 Å². The third kappa shape index (κ3) is 6.13. The van der Waals surface area contributed by atoms with Gasteiger partial charge in [-0.05, 0) is 23.6 Å². The normalized spacial score (nSPS) is 12.7. The van der Waals surface area contributed by atoms with E-state index in [0.717, 1.165) is 6.26 Å². The maximum absolute atomic E-state index is 11.9. The summed E-state index contributed by atoms with van der Waals surface area (Å²) in [5.41, 5.74) is 0.936. The molecule has 0 fully saturated rings. The van der Waals surface area contributed by atoms with Crippen molar-refractivity contribution in [1.29, 1.82) is 0 Å². The molecule has 1 aromatic carbocycles. The molecule has 0 spiro atoms.